The summed E-state index contributed by atoms with van der Waals surface area (Å²) in [6.07, 6.45) is 4.29. The number of hydrogen-bond donors (Lipinski definition) is 3. The van der Waals surface area contributed by atoms with Crippen LogP contribution in [0.3, 0.4) is 0 Å². The summed E-state index contributed by atoms with van der Waals surface area (Å²) < 4.78 is 10.5. The lowest BCUT2D eigenvalue weighted by molar-refractivity contribution is 0.0954. The Morgan fingerprint density at radius 3 is 2.19 bits per heavy atom. The van der Waals surface area contributed by atoms with Crippen molar-refractivity contribution in [3.05, 3.63) is 42.0 Å². The molecule has 0 aliphatic carbocycles. The first-order valence-corrected chi connectivity index (χ1v) is 11.0. The van der Waals surface area contributed by atoms with Gasteiger partial charge in [-0.15, -0.1) is 0 Å². The number of carbonyl (C=O) groups excluding carboxylic acids is 2. The Morgan fingerprint density at radius 1 is 0.906 bits per heavy atom. The molecule has 1 heterocycles. The molecule has 1 saturated heterocycles. The molecule has 8 heteroatoms. The van der Waals surface area contributed by atoms with Crippen molar-refractivity contribution >= 4 is 29.0 Å². The molecule has 0 saturated carbocycles. The molecule has 0 aromatic heterocycles. The third kappa shape index (κ3) is 6.06. The molecule has 0 spiro atoms. The van der Waals surface area contributed by atoms with Gasteiger partial charge in [0.2, 0.25) is 0 Å². The summed E-state index contributed by atoms with van der Waals surface area (Å²) in [5.41, 5.74) is 2.55. The van der Waals surface area contributed by atoms with Crippen molar-refractivity contribution < 1.29 is 19.1 Å². The molecule has 3 N–H and O–H groups in total. The molecule has 0 unspecified atom stereocenters. The van der Waals surface area contributed by atoms with Crippen molar-refractivity contribution in [2.24, 2.45) is 0 Å². The number of nitrogens with one attached hydrogen (secondary N) is 3. The Kier molecular flexibility index (Phi) is 8.19. The minimum Gasteiger partial charge on any atom is -0.497 e. The Morgan fingerprint density at radius 2 is 1.56 bits per heavy atom. The van der Waals surface area contributed by atoms with Gasteiger partial charge in [-0.2, -0.15) is 0 Å². The topological polar surface area (TPSA) is 91.9 Å². The van der Waals surface area contributed by atoms with Crippen LogP contribution in [0.4, 0.5) is 21.9 Å². The molecule has 1 aliphatic heterocycles. The first kappa shape index (κ1) is 23.2. The fourth-order valence-electron chi connectivity index (χ4n) is 3.71. The molecular weight excluding hydrogens is 408 g/mol. The second-order valence-electron chi connectivity index (χ2n) is 7.72. The molecule has 172 valence electrons. The zero-order valence-electron chi connectivity index (χ0n) is 19.0. The number of hydrogen-bond acceptors (Lipinski definition) is 5. The average molecular weight is 441 g/mol. The fourth-order valence-corrected chi connectivity index (χ4v) is 3.71. The maximum Gasteiger partial charge on any atom is 0.323 e. The lowest BCUT2D eigenvalue weighted by Gasteiger charge is -2.30. The van der Waals surface area contributed by atoms with E-state index in [4.69, 9.17) is 9.47 Å². The molecular formula is C24H32N4O4. The average Bonchev–Trinajstić information content (AvgIpc) is 2.82. The molecule has 3 rings (SSSR count). The highest BCUT2D eigenvalue weighted by atomic mass is 16.5. The van der Waals surface area contributed by atoms with Gasteiger partial charge in [-0.3, -0.25) is 4.79 Å². The van der Waals surface area contributed by atoms with Gasteiger partial charge in [-0.25, -0.2) is 4.79 Å². The van der Waals surface area contributed by atoms with Crippen molar-refractivity contribution in [2.75, 3.05) is 49.4 Å². The third-order valence-electron chi connectivity index (χ3n) is 5.34. The van der Waals surface area contributed by atoms with Crippen LogP contribution in [0, 0.1) is 0 Å². The van der Waals surface area contributed by atoms with E-state index in [1.54, 1.807) is 38.5 Å². The number of benzene rings is 2. The zero-order valence-corrected chi connectivity index (χ0v) is 19.0. The van der Waals surface area contributed by atoms with Gasteiger partial charge in [0.1, 0.15) is 11.5 Å². The fraction of sp³-hybridized carbons (Fsp3) is 0.417. The van der Waals surface area contributed by atoms with Crippen molar-refractivity contribution in [2.45, 2.75) is 32.6 Å². The number of urea groups is 1. The summed E-state index contributed by atoms with van der Waals surface area (Å²) in [5, 5.41) is 8.55. The van der Waals surface area contributed by atoms with E-state index in [1.807, 2.05) is 19.1 Å². The molecule has 1 fully saturated rings. The highest BCUT2D eigenvalue weighted by Crippen LogP contribution is 2.28. The number of nitrogens with zero attached hydrogens (tertiary/aromatic N) is 1. The van der Waals surface area contributed by atoms with Gasteiger partial charge in [0, 0.05) is 54.9 Å². The SMILES string of the molecule is CCCNC(=O)c1cc(NC(=O)Nc2cc(OC)cc(OC)c2)ccc1N1CCCCC1. The van der Waals surface area contributed by atoms with Crippen LogP contribution in [0.1, 0.15) is 43.0 Å². The van der Waals surface area contributed by atoms with Crippen LogP contribution in [-0.4, -0.2) is 45.8 Å². The van der Waals surface area contributed by atoms with E-state index >= 15 is 0 Å². The largest absolute Gasteiger partial charge is 0.497 e. The number of carbonyl (C=O) groups is 2. The molecule has 32 heavy (non-hydrogen) atoms. The van der Waals surface area contributed by atoms with Crippen molar-refractivity contribution in [3.8, 4) is 11.5 Å². The maximum atomic E-state index is 12.8. The van der Waals surface area contributed by atoms with Crippen molar-refractivity contribution in [3.63, 3.8) is 0 Å². The van der Waals surface area contributed by atoms with Gasteiger partial charge >= 0.3 is 6.03 Å². The van der Waals surface area contributed by atoms with E-state index in [1.165, 1.54) is 6.42 Å². The Hall–Kier alpha value is -3.42. The summed E-state index contributed by atoms with van der Waals surface area (Å²) in [4.78, 5) is 27.7. The van der Waals surface area contributed by atoms with E-state index in [-0.39, 0.29) is 5.91 Å². The molecule has 0 atom stereocenters. The minimum atomic E-state index is -0.425. The molecule has 8 nitrogen and oxygen atoms in total. The molecule has 2 aromatic carbocycles. The highest BCUT2D eigenvalue weighted by molar-refractivity contribution is 6.04. The van der Waals surface area contributed by atoms with Crippen LogP contribution >= 0.6 is 0 Å². The van der Waals surface area contributed by atoms with Crippen LogP contribution in [0.15, 0.2) is 36.4 Å². The standard InChI is InChI=1S/C24H32N4O4/c1-4-10-25-23(29)21-15-17(8-9-22(21)28-11-6-5-7-12-28)26-24(30)27-18-13-19(31-2)16-20(14-18)32-3/h8-9,13-16H,4-7,10-12H2,1-3H3,(H,25,29)(H2,26,27,30). The summed E-state index contributed by atoms with van der Waals surface area (Å²) in [6.45, 7) is 4.48. The molecule has 3 amide bonds. The third-order valence-corrected chi connectivity index (χ3v) is 5.34. The van der Waals surface area contributed by atoms with E-state index in [9.17, 15) is 9.59 Å². The van der Waals surface area contributed by atoms with Crippen LogP contribution in [-0.2, 0) is 0 Å². The smallest absolute Gasteiger partial charge is 0.323 e. The number of anilines is 3. The molecule has 2 aromatic rings. The normalized spacial score (nSPS) is 13.3. The molecule has 0 radical (unpaired) electrons. The van der Waals surface area contributed by atoms with E-state index in [0.717, 1.165) is 38.0 Å². The van der Waals surface area contributed by atoms with Gasteiger partial charge < -0.3 is 30.3 Å². The number of rotatable bonds is 8. The van der Waals surface area contributed by atoms with Crippen molar-refractivity contribution in [1.82, 2.24) is 5.32 Å². The van der Waals surface area contributed by atoms with E-state index in [2.05, 4.69) is 20.9 Å². The second kappa shape index (κ2) is 11.3. The van der Waals surface area contributed by atoms with Crippen LogP contribution in [0.25, 0.3) is 0 Å². The number of piperidine rings is 1. The van der Waals surface area contributed by atoms with Crippen LogP contribution < -0.4 is 30.3 Å². The summed E-state index contributed by atoms with van der Waals surface area (Å²) in [7, 11) is 3.10. The summed E-state index contributed by atoms with van der Waals surface area (Å²) in [5.74, 6) is 1.01. The monoisotopic (exact) mass is 440 g/mol. The zero-order chi connectivity index (χ0) is 22.9. The van der Waals surface area contributed by atoms with Gasteiger partial charge in [0.05, 0.1) is 19.8 Å². The van der Waals surface area contributed by atoms with Gasteiger partial charge in [0.25, 0.3) is 5.91 Å². The lowest BCUT2D eigenvalue weighted by Crippen LogP contribution is -2.33. The quantitative estimate of drug-likeness (QED) is 0.563. The highest BCUT2D eigenvalue weighted by Gasteiger charge is 2.19. The predicted octanol–water partition coefficient (Wildman–Crippen LogP) is 4.48. The second-order valence-corrected chi connectivity index (χ2v) is 7.72. The number of ether oxygens (including phenoxy) is 2. The summed E-state index contributed by atoms with van der Waals surface area (Å²) in [6, 6.07) is 10.2. The van der Waals surface area contributed by atoms with Gasteiger partial charge in [-0.1, -0.05) is 6.92 Å². The van der Waals surface area contributed by atoms with Crippen molar-refractivity contribution in [1.29, 1.82) is 0 Å². The first-order valence-electron chi connectivity index (χ1n) is 11.0. The first-order chi connectivity index (χ1) is 15.5. The van der Waals surface area contributed by atoms with E-state index in [0.29, 0.717) is 35.0 Å². The lowest BCUT2D eigenvalue weighted by atomic mass is 10.1. The predicted molar refractivity (Wildman–Crippen MR) is 127 cm³/mol. The Balaban J connectivity index is 1.78. The van der Waals surface area contributed by atoms with Crippen LogP contribution in [0.2, 0.25) is 0 Å². The maximum absolute atomic E-state index is 12.8. The number of methoxy groups -OCH3 is 2. The number of amides is 3. The van der Waals surface area contributed by atoms with E-state index < -0.39 is 6.03 Å². The summed E-state index contributed by atoms with van der Waals surface area (Å²) >= 11 is 0. The Bertz CT molecular complexity index is 919. The Labute approximate surface area is 189 Å². The van der Waals surface area contributed by atoms with Gasteiger partial charge in [0.15, 0.2) is 0 Å². The van der Waals surface area contributed by atoms with Gasteiger partial charge in [-0.05, 0) is 43.9 Å². The molecule has 0 bridgehead atoms. The molecule has 1 aliphatic rings. The van der Waals surface area contributed by atoms with Crippen LogP contribution in [0.5, 0.6) is 11.5 Å². The minimum absolute atomic E-state index is 0.131.